The first-order valence-electron chi connectivity index (χ1n) is 9.93. The van der Waals surface area contributed by atoms with E-state index >= 15 is 0 Å². The molecule has 0 atom stereocenters. The Bertz CT molecular complexity index is 882. The highest BCUT2D eigenvalue weighted by Crippen LogP contribution is 2.21. The molecular formula is C24H33N3O2. The highest BCUT2D eigenvalue weighted by molar-refractivity contribution is 5.94. The van der Waals surface area contributed by atoms with Crippen molar-refractivity contribution in [2.24, 2.45) is 0 Å². The van der Waals surface area contributed by atoms with Gasteiger partial charge in [-0.3, -0.25) is 14.5 Å². The molecule has 156 valence electrons. The van der Waals surface area contributed by atoms with E-state index in [2.05, 4.69) is 49.5 Å². The van der Waals surface area contributed by atoms with E-state index in [1.165, 1.54) is 16.7 Å². The van der Waals surface area contributed by atoms with Gasteiger partial charge in [0.2, 0.25) is 11.8 Å². The highest BCUT2D eigenvalue weighted by Gasteiger charge is 2.16. The zero-order chi connectivity index (χ0) is 21.7. The van der Waals surface area contributed by atoms with E-state index < -0.39 is 0 Å². The van der Waals surface area contributed by atoms with E-state index in [9.17, 15) is 9.59 Å². The predicted octanol–water partition coefficient (Wildman–Crippen LogP) is 3.76. The molecule has 0 aliphatic rings. The first-order chi connectivity index (χ1) is 13.6. The van der Waals surface area contributed by atoms with Crippen LogP contribution in [0.3, 0.4) is 0 Å². The number of rotatable bonds is 7. The fraction of sp³-hybridized carbons (Fsp3) is 0.417. The Morgan fingerprint density at radius 1 is 0.828 bits per heavy atom. The molecule has 5 heteroatoms. The van der Waals surface area contributed by atoms with Crippen molar-refractivity contribution in [3.8, 4) is 0 Å². The maximum Gasteiger partial charge on any atom is 0.238 e. The van der Waals surface area contributed by atoms with E-state index in [4.69, 9.17) is 0 Å². The minimum absolute atomic E-state index is 0.0111. The Hall–Kier alpha value is -2.66. The molecule has 5 nitrogen and oxygen atoms in total. The molecule has 29 heavy (non-hydrogen) atoms. The normalized spacial score (nSPS) is 10.9. The van der Waals surface area contributed by atoms with Gasteiger partial charge < -0.3 is 10.2 Å². The standard InChI is InChI=1S/C24H33N3O2/c1-16-8-9-21(18(3)10-16)13-27(7)23(29)15-26(6)14-22(28)25-24-19(4)11-17(2)12-20(24)5/h8-12H,13-15H2,1-7H3,(H,25,28). The lowest BCUT2D eigenvalue weighted by molar-refractivity contribution is -0.131. The molecule has 0 saturated carbocycles. The summed E-state index contributed by atoms with van der Waals surface area (Å²) in [5.41, 5.74) is 7.65. The minimum atomic E-state index is -0.118. The van der Waals surface area contributed by atoms with Crippen LogP contribution in [0.4, 0.5) is 5.69 Å². The number of aryl methyl sites for hydroxylation is 5. The second-order valence-corrected chi connectivity index (χ2v) is 8.17. The van der Waals surface area contributed by atoms with E-state index in [1.807, 2.05) is 20.8 Å². The molecule has 0 radical (unpaired) electrons. The third-order valence-corrected chi connectivity index (χ3v) is 5.09. The van der Waals surface area contributed by atoms with Gasteiger partial charge in [0.1, 0.15) is 0 Å². The molecule has 0 aliphatic carbocycles. The largest absolute Gasteiger partial charge is 0.340 e. The summed E-state index contributed by atoms with van der Waals surface area (Å²) >= 11 is 0. The van der Waals surface area contributed by atoms with Crippen LogP contribution in [0.25, 0.3) is 0 Å². The van der Waals surface area contributed by atoms with E-state index in [1.54, 1.807) is 23.9 Å². The minimum Gasteiger partial charge on any atom is -0.340 e. The van der Waals surface area contributed by atoms with Crippen LogP contribution in [-0.2, 0) is 16.1 Å². The van der Waals surface area contributed by atoms with Gasteiger partial charge in [0.15, 0.2) is 0 Å². The molecule has 0 heterocycles. The van der Waals surface area contributed by atoms with E-state index in [0.29, 0.717) is 6.54 Å². The summed E-state index contributed by atoms with van der Waals surface area (Å²) in [5, 5.41) is 2.99. The Kier molecular flexibility index (Phi) is 7.57. The quantitative estimate of drug-likeness (QED) is 0.777. The summed E-state index contributed by atoms with van der Waals surface area (Å²) in [6, 6.07) is 10.4. The predicted molar refractivity (Wildman–Crippen MR) is 119 cm³/mol. The van der Waals surface area contributed by atoms with E-state index in [0.717, 1.165) is 22.4 Å². The average Bonchev–Trinajstić information content (AvgIpc) is 2.60. The summed E-state index contributed by atoms with van der Waals surface area (Å²) in [5.74, 6) is -0.129. The monoisotopic (exact) mass is 395 g/mol. The maximum atomic E-state index is 12.6. The summed E-state index contributed by atoms with van der Waals surface area (Å²) in [6.07, 6.45) is 0. The molecule has 2 aromatic rings. The highest BCUT2D eigenvalue weighted by atomic mass is 16.2. The van der Waals surface area contributed by atoms with Crippen molar-refractivity contribution >= 4 is 17.5 Å². The van der Waals surface area contributed by atoms with Crippen LogP contribution in [0.1, 0.15) is 33.4 Å². The molecule has 2 aromatic carbocycles. The topological polar surface area (TPSA) is 52.7 Å². The zero-order valence-corrected chi connectivity index (χ0v) is 18.7. The summed E-state index contributed by atoms with van der Waals surface area (Å²) in [4.78, 5) is 28.5. The number of amides is 2. The van der Waals surface area contributed by atoms with Crippen molar-refractivity contribution in [3.05, 3.63) is 63.7 Å². The van der Waals surface area contributed by atoms with Crippen molar-refractivity contribution in [2.75, 3.05) is 32.5 Å². The van der Waals surface area contributed by atoms with Gasteiger partial charge >= 0.3 is 0 Å². The first kappa shape index (κ1) is 22.6. The van der Waals surface area contributed by atoms with Gasteiger partial charge in [-0.15, -0.1) is 0 Å². The number of carbonyl (C=O) groups is 2. The number of nitrogens with zero attached hydrogens (tertiary/aromatic N) is 2. The van der Waals surface area contributed by atoms with Gasteiger partial charge in [-0.1, -0.05) is 41.5 Å². The molecule has 0 aliphatic heterocycles. The Labute approximate surface area is 174 Å². The molecule has 0 unspecified atom stereocenters. The van der Waals surface area contributed by atoms with Crippen LogP contribution in [-0.4, -0.2) is 48.8 Å². The molecule has 2 rings (SSSR count). The third kappa shape index (κ3) is 6.43. The number of likely N-dealkylation sites (N-methyl/N-ethyl adjacent to an activating group) is 2. The number of carbonyl (C=O) groups excluding carboxylic acids is 2. The first-order valence-corrected chi connectivity index (χ1v) is 9.93. The van der Waals surface area contributed by atoms with Crippen LogP contribution in [0.2, 0.25) is 0 Å². The summed E-state index contributed by atoms with van der Waals surface area (Å²) in [7, 11) is 3.59. The lowest BCUT2D eigenvalue weighted by Crippen LogP contribution is -2.39. The van der Waals surface area contributed by atoms with Crippen LogP contribution in [0.5, 0.6) is 0 Å². The molecule has 0 fully saturated rings. The smallest absolute Gasteiger partial charge is 0.238 e. The maximum absolute atomic E-state index is 12.6. The van der Waals surface area contributed by atoms with Gasteiger partial charge in [-0.05, 0) is 63.9 Å². The molecule has 1 N–H and O–H groups in total. The van der Waals surface area contributed by atoms with Crippen LogP contribution in [0.15, 0.2) is 30.3 Å². The SMILES string of the molecule is Cc1ccc(CN(C)C(=O)CN(C)CC(=O)Nc2c(C)cc(C)cc2C)c(C)c1. The van der Waals surface area contributed by atoms with Crippen molar-refractivity contribution in [2.45, 2.75) is 41.2 Å². The van der Waals surface area contributed by atoms with E-state index in [-0.39, 0.29) is 24.9 Å². The van der Waals surface area contributed by atoms with Crippen molar-refractivity contribution < 1.29 is 9.59 Å². The Morgan fingerprint density at radius 2 is 1.41 bits per heavy atom. The number of anilines is 1. The molecule has 0 saturated heterocycles. The lowest BCUT2D eigenvalue weighted by atomic mass is 10.1. The van der Waals surface area contributed by atoms with Gasteiger partial charge in [-0.25, -0.2) is 0 Å². The molecule has 0 spiro atoms. The fourth-order valence-electron chi connectivity index (χ4n) is 3.58. The number of nitrogens with one attached hydrogen (secondary N) is 1. The summed E-state index contributed by atoms with van der Waals surface area (Å²) in [6.45, 7) is 11.1. The van der Waals surface area contributed by atoms with Gasteiger partial charge in [0, 0.05) is 19.3 Å². The van der Waals surface area contributed by atoms with Gasteiger partial charge in [0.05, 0.1) is 13.1 Å². The van der Waals surface area contributed by atoms with Gasteiger partial charge in [-0.2, -0.15) is 0 Å². The number of hydrogen-bond acceptors (Lipinski definition) is 3. The molecule has 2 amide bonds. The van der Waals surface area contributed by atoms with Crippen LogP contribution in [0, 0.1) is 34.6 Å². The Morgan fingerprint density at radius 3 is 2.00 bits per heavy atom. The second-order valence-electron chi connectivity index (χ2n) is 8.17. The molecular weight excluding hydrogens is 362 g/mol. The average molecular weight is 396 g/mol. The fourth-order valence-corrected chi connectivity index (χ4v) is 3.58. The summed E-state index contributed by atoms with van der Waals surface area (Å²) < 4.78 is 0. The molecule has 0 bridgehead atoms. The zero-order valence-electron chi connectivity index (χ0n) is 18.7. The van der Waals surface area contributed by atoms with Crippen LogP contribution >= 0.6 is 0 Å². The second kappa shape index (κ2) is 9.70. The molecule has 0 aromatic heterocycles. The van der Waals surface area contributed by atoms with Gasteiger partial charge in [0.25, 0.3) is 0 Å². The van der Waals surface area contributed by atoms with Crippen LogP contribution < -0.4 is 5.32 Å². The van der Waals surface area contributed by atoms with Crippen molar-refractivity contribution in [1.29, 1.82) is 0 Å². The third-order valence-electron chi connectivity index (χ3n) is 5.09. The lowest BCUT2D eigenvalue weighted by Gasteiger charge is -2.23. The number of hydrogen-bond donors (Lipinski definition) is 1. The van der Waals surface area contributed by atoms with Crippen molar-refractivity contribution in [3.63, 3.8) is 0 Å². The van der Waals surface area contributed by atoms with Crippen molar-refractivity contribution in [1.82, 2.24) is 9.80 Å². The number of benzene rings is 2. The Balaban J connectivity index is 1.90.